The van der Waals surface area contributed by atoms with E-state index < -0.39 is 267 Å². The number of cyclic esters (lactones) is 1. The van der Waals surface area contributed by atoms with Gasteiger partial charge in [-0.25, -0.2) is 29.4 Å². The van der Waals surface area contributed by atoms with Crippen LogP contribution in [0.3, 0.4) is 0 Å². The summed E-state index contributed by atoms with van der Waals surface area (Å²) < 4.78 is 46.8. The number of hydrogen-bond donors (Lipinski definition) is 20. The van der Waals surface area contributed by atoms with Gasteiger partial charge in [-0.1, -0.05) is 121 Å². The van der Waals surface area contributed by atoms with Gasteiger partial charge in [0, 0.05) is 151 Å². The van der Waals surface area contributed by atoms with Crippen molar-refractivity contribution in [2.24, 2.45) is 41.4 Å². The van der Waals surface area contributed by atoms with Crippen LogP contribution < -0.4 is 53.4 Å². The van der Waals surface area contributed by atoms with Crippen LogP contribution in [-0.2, 0) is 105 Å². The molecular weight excluding hydrogens is 2030 g/mol. The number of carbonyl (C=O) groups is 17. The molecule has 1 aromatic rings. The van der Waals surface area contributed by atoms with Gasteiger partial charge in [-0.3, -0.25) is 63.0 Å². The van der Waals surface area contributed by atoms with E-state index in [1.165, 1.54) is 62.0 Å². The highest BCUT2D eigenvalue weighted by Gasteiger charge is 2.54. The van der Waals surface area contributed by atoms with Crippen molar-refractivity contribution >= 4 is 150 Å². The zero-order chi connectivity index (χ0) is 111. The Labute approximate surface area is 883 Å². The lowest BCUT2D eigenvalue weighted by atomic mass is 9.78. The second-order valence-electron chi connectivity index (χ2n) is 37.6. The minimum absolute atomic E-state index is 0.00632. The summed E-state index contributed by atoms with van der Waals surface area (Å²) in [5.41, 5.74) is 6.07. The zero-order valence-corrected chi connectivity index (χ0v) is 89.7. The number of hydrogen-bond acceptors (Lipinski definition) is 37. The number of rotatable bonds is 52. The molecule has 46 nitrogen and oxygen atoms in total. The first kappa shape index (κ1) is 130. The summed E-state index contributed by atoms with van der Waals surface area (Å²) in [4.78, 5) is 229. The van der Waals surface area contributed by atoms with Gasteiger partial charge < -0.3 is 136 Å². The molecule has 838 valence electrons. The molecule has 3 fully saturated rings. The molecule has 0 radical (unpaired) electrons. The van der Waals surface area contributed by atoms with Crippen molar-refractivity contribution in [2.45, 2.75) is 287 Å². The van der Waals surface area contributed by atoms with Crippen LogP contribution in [0.5, 0.6) is 0 Å². The molecule has 4 aliphatic rings. The van der Waals surface area contributed by atoms with Crippen molar-refractivity contribution in [3.05, 3.63) is 77.4 Å². The van der Waals surface area contributed by atoms with E-state index >= 15 is 0 Å². The number of carbonyl (C=O) groups excluding carboxylic acids is 14. The number of carboxylic acid groups (broad SMARTS) is 3. The molecule has 1 saturated carbocycles. The first-order valence-corrected chi connectivity index (χ1v) is 55.0. The van der Waals surface area contributed by atoms with E-state index in [1.807, 2.05) is 63.5 Å². The van der Waals surface area contributed by atoms with Gasteiger partial charge in [0.05, 0.1) is 43.7 Å². The molecule has 10 amide bonds. The third kappa shape index (κ3) is 45.5. The first-order chi connectivity index (χ1) is 70.7. The summed E-state index contributed by atoms with van der Waals surface area (Å²) >= 11 is 0. The van der Waals surface area contributed by atoms with Crippen LogP contribution in [0, 0.1) is 41.4 Å². The highest BCUT2D eigenvalue weighted by Crippen LogP contribution is 2.39. The van der Waals surface area contributed by atoms with Crippen LogP contribution in [0.25, 0.3) is 0 Å². The van der Waals surface area contributed by atoms with Gasteiger partial charge in [0.25, 0.3) is 17.6 Å². The van der Waals surface area contributed by atoms with E-state index in [0.717, 1.165) is 37.7 Å². The molecular formula is C99H153N11O35S4. The maximum atomic E-state index is 14.8. The summed E-state index contributed by atoms with van der Waals surface area (Å²) in [6.45, 7) is 13.3. The van der Waals surface area contributed by atoms with Crippen molar-refractivity contribution < 1.29 is 170 Å². The number of esters is 1. The van der Waals surface area contributed by atoms with Gasteiger partial charge in [0.2, 0.25) is 41.2 Å². The molecule has 0 spiro atoms. The number of alkyl carbamates (subject to hydrolysis) is 1. The number of ether oxygens (including phenoxy) is 8. The van der Waals surface area contributed by atoms with Gasteiger partial charge in [0.1, 0.15) is 85.8 Å². The number of fused-ring (bicyclic) bond motifs is 3. The third-order valence-corrected chi connectivity index (χ3v) is 30.8. The van der Waals surface area contributed by atoms with E-state index in [1.54, 1.807) is 45.9 Å². The maximum Gasteiger partial charge on any atom is 0.426 e. The fraction of sp³-hybridized carbons (Fsp3) is 0.687. The minimum Gasteiger partial charge on any atom is -0.481 e. The molecule has 2 saturated heterocycles. The lowest BCUT2D eigenvalue weighted by Crippen LogP contribution is -2.61. The van der Waals surface area contributed by atoms with Crippen molar-refractivity contribution in [1.29, 1.82) is 0 Å². The van der Waals surface area contributed by atoms with E-state index in [2.05, 4.69) is 48.0 Å². The van der Waals surface area contributed by atoms with E-state index in [-0.39, 0.29) is 118 Å². The fourth-order valence-electron chi connectivity index (χ4n) is 17.0. The molecule has 3 aliphatic heterocycles. The minimum atomic E-state index is -2.54. The molecule has 24 atom stereocenters. The number of piperidine rings is 1. The van der Waals surface area contributed by atoms with Crippen molar-refractivity contribution in [3.8, 4) is 0 Å². The van der Waals surface area contributed by atoms with Gasteiger partial charge in [-0.05, 0) is 157 Å². The molecule has 1 aromatic carbocycles. The van der Waals surface area contributed by atoms with Crippen molar-refractivity contribution in [3.63, 3.8) is 0 Å². The van der Waals surface area contributed by atoms with Crippen molar-refractivity contribution in [1.82, 2.24) is 53.0 Å². The SMILES string of the molecule is CCNc1ccc(C(=O)N[C@@H](CCC(=O)NNC(=O)OCCSSC[C@H](NC(=O)[C@H](CNC(=O)CCSSCCNC(=O)OCCO[C@H]2CC[C@@H](C[C@@H](C)[C@@H]3CC(=O)[C@H](C)/C=C(\C)[C@@H](O)[C@H](OC)C(=O)[C@H](C)C[C@H](C)/C=C/C=C/C=C(\C)[C@@H](OC)C[C@@H]4CC[C@@H](C)[C@@](O)(O4)C(=O)C(=O)N4CCCC[C@H]4C(=O)O3)C[C@H]2OC)NC(=O)[C@H](CCC(=O)NC[C@H](O)[C@@H](O)[C@H](O)[C@H](O)CO)NC(=O)[C@@H](C)CCC(=O)O)C(=O)O)C(=O)O)cc1. The Kier molecular flexibility index (Phi) is 59.3. The Hall–Kier alpha value is -9.91. The number of aliphatic hydroxyl groups is 7. The number of nitrogens with zero attached hydrogens (tertiary/aromatic N) is 1. The molecule has 20 N–H and O–H groups in total. The molecule has 0 unspecified atom stereocenters. The molecule has 5 rings (SSSR count). The Morgan fingerprint density at radius 1 is 0.611 bits per heavy atom. The highest BCUT2D eigenvalue weighted by molar-refractivity contribution is 8.77. The van der Waals surface area contributed by atoms with Crippen LogP contribution in [0.1, 0.15) is 195 Å². The number of aliphatic carboxylic acids is 3. The average molecular weight is 2190 g/mol. The first-order valence-electron chi connectivity index (χ1n) is 50.0. The number of Topliss-reactive ketones (excluding diaryl/α,β-unsaturated/α-hetero) is 3. The van der Waals surface area contributed by atoms with Crippen molar-refractivity contribution in [2.75, 3.05) is 109 Å². The lowest BCUT2D eigenvalue weighted by molar-refractivity contribution is -0.265. The zero-order valence-electron chi connectivity index (χ0n) is 86.4. The summed E-state index contributed by atoms with van der Waals surface area (Å²) in [5, 5.41) is 123. The monoisotopic (exact) mass is 2180 g/mol. The molecule has 1 aliphatic carbocycles. The van der Waals surface area contributed by atoms with Crippen LogP contribution in [0.2, 0.25) is 0 Å². The molecule has 149 heavy (non-hydrogen) atoms. The second-order valence-corrected chi connectivity index (χ2v) is 42.9. The molecule has 3 heterocycles. The Balaban J connectivity index is 1.18. The number of methoxy groups -OCH3 is 3. The largest absolute Gasteiger partial charge is 0.481 e. The maximum absolute atomic E-state index is 14.8. The smallest absolute Gasteiger partial charge is 0.426 e. The average Bonchev–Trinajstić information content (AvgIpc) is 0.770. The number of ketones is 3. The predicted molar refractivity (Wildman–Crippen MR) is 550 cm³/mol. The topological polar surface area (TPSA) is 690 Å². The summed E-state index contributed by atoms with van der Waals surface area (Å²) in [5.74, 6) is -21.0. The number of benzene rings is 1. The number of amides is 10. The van der Waals surface area contributed by atoms with Gasteiger partial charge >= 0.3 is 36.1 Å². The number of hydrazine groups is 1. The predicted octanol–water partition coefficient (Wildman–Crippen LogP) is 3.42. The summed E-state index contributed by atoms with van der Waals surface area (Å²) in [6.07, 6.45) is -3.58. The summed E-state index contributed by atoms with van der Waals surface area (Å²) in [7, 11) is 8.72. The second kappa shape index (κ2) is 68.2. The van der Waals surface area contributed by atoms with E-state index in [9.17, 15) is 133 Å². The van der Waals surface area contributed by atoms with Crippen LogP contribution >= 0.6 is 43.2 Å². The van der Waals surface area contributed by atoms with E-state index in [4.69, 9.17) is 37.9 Å². The number of nitrogens with one attached hydrogen (secondary N) is 10. The Bertz CT molecular complexity index is 4660. The number of allylic oxidation sites excluding steroid dienone is 6. The molecule has 50 heteroatoms. The highest BCUT2D eigenvalue weighted by atomic mass is 33.1. The van der Waals surface area contributed by atoms with E-state index in [0.29, 0.717) is 75.7 Å². The fourth-order valence-corrected chi connectivity index (χ4v) is 20.8. The van der Waals surface area contributed by atoms with Crippen LogP contribution in [0.4, 0.5) is 15.3 Å². The van der Waals surface area contributed by atoms with Gasteiger partial charge in [0.15, 0.2) is 5.78 Å². The Morgan fingerprint density at radius 3 is 1.93 bits per heavy atom. The molecule has 2 bridgehead atoms. The normalized spacial score (nSPS) is 25.7. The lowest BCUT2D eigenvalue weighted by Gasteiger charge is -2.42. The third-order valence-electron chi connectivity index (χ3n) is 26.0. The standard InChI is InChI=1S/C99H153N11O35S4/c1-13-100-65-27-25-64(26-28-65)90(126)105-68(94(130)131)31-34-81(117)108-109-98(136)143-41-44-148-149-54-70(95(132)133)107-92(128)69(106-91(127)67(104-89(125)57(4)22-35-82(118)119)30-33-79(115)103-52-73(113)85(122)86(123)74(114)53-111)51-102-80(116)36-42-146-147-43-37-101-97(135)142-40-39-141-75-32-24-63(48-78(75)139-11)47-59(6)77-50-72(112)58(5)46-61(8)84(121)87(140-12)83(120)60(7)45-55(2)19-15-14-16-20-56(3)76(138-10)49-66-29-23-62(9)99(137,145-66)88(124)93(129)110-38-18-17-21-71(110)96(134)144-77/h14-16,19-20,25-28,46,55,57-60,62-63,66-71,73-78,84-87,100,111,113-114,121-123,137H,13,17-18,21-24,29-45,47-54H2,1-12H3,(H,101,135)(H,102,116)(H,103,115)(H,104,125)(H,105,126)(H,106,127)(H,107,128)(H,108,117)(H,109,136)(H,118,119)(H,130,131)(H,132,133)/b16-14+,19-15+,56-20+,61-46+/t55-,57+,58-,59-,60-,62-,63+,66+,67+,68+,69+,70+,71+,73+,74-,75+,76+,77+,78-,84-,85-,86-,87-,99-/m1/s1. The molecule has 0 aromatic heterocycles. The van der Waals surface area contributed by atoms with Gasteiger partial charge in [-0.15, -0.1) is 0 Å². The van der Waals surface area contributed by atoms with Crippen LogP contribution in [-0.4, -0.2) is 363 Å². The number of anilines is 1. The summed E-state index contributed by atoms with van der Waals surface area (Å²) in [6, 6.07) is -1.81. The Morgan fingerprint density at radius 2 is 1.26 bits per heavy atom. The quantitative estimate of drug-likeness (QED) is 0.00845. The number of aliphatic hydroxyl groups excluding tert-OH is 6. The number of carboxylic acids is 3. The van der Waals surface area contributed by atoms with Crippen LogP contribution in [0.15, 0.2) is 71.9 Å². The van der Waals surface area contributed by atoms with Gasteiger partial charge in [-0.2, -0.15) is 0 Å².